The van der Waals surface area contributed by atoms with Crippen molar-refractivity contribution in [3.63, 3.8) is 0 Å². The Balaban J connectivity index is 1.52. The Morgan fingerprint density at radius 1 is 1.08 bits per heavy atom. The molecule has 1 N–H and O–H groups in total. The topological polar surface area (TPSA) is 50.8 Å². The van der Waals surface area contributed by atoms with Gasteiger partial charge in [0.15, 0.2) is 11.5 Å². The highest BCUT2D eigenvalue weighted by Crippen LogP contribution is 2.41. The minimum absolute atomic E-state index is 0.0163. The minimum atomic E-state index is -0.0712. The summed E-state index contributed by atoms with van der Waals surface area (Å²) in [7, 11) is 0. The zero-order valence-corrected chi connectivity index (χ0v) is 15.8. The van der Waals surface area contributed by atoms with Gasteiger partial charge >= 0.3 is 6.03 Å². The summed E-state index contributed by atoms with van der Waals surface area (Å²) in [5.41, 5.74) is 4.28. The third kappa shape index (κ3) is 3.33. The van der Waals surface area contributed by atoms with Crippen LogP contribution >= 0.6 is 11.8 Å². The number of amides is 2. The van der Waals surface area contributed by atoms with E-state index in [9.17, 15) is 4.79 Å². The first kappa shape index (κ1) is 17.1. The van der Waals surface area contributed by atoms with Gasteiger partial charge in [0.25, 0.3) is 0 Å². The van der Waals surface area contributed by atoms with Crippen LogP contribution in [0.5, 0.6) is 11.5 Å². The van der Waals surface area contributed by atoms with Crippen molar-refractivity contribution in [2.24, 2.45) is 0 Å². The fraction of sp³-hybridized carbons (Fsp3) is 0.350. The van der Waals surface area contributed by atoms with Crippen molar-refractivity contribution < 1.29 is 14.3 Å². The summed E-state index contributed by atoms with van der Waals surface area (Å²) < 4.78 is 11.3. The molecule has 2 aromatic rings. The highest BCUT2D eigenvalue weighted by atomic mass is 32.2. The molecular weight excluding hydrogens is 348 g/mol. The summed E-state index contributed by atoms with van der Waals surface area (Å²) >= 11 is 1.77. The molecule has 2 aromatic carbocycles. The van der Waals surface area contributed by atoms with Crippen molar-refractivity contribution in [3.8, 4) is 11.5 Å². The van der Waals surface area contributed by atoms with E-state index in [0.717, 1.165) is 35.0 Å². The first-order valence-electron chi connectivity index (χ1n) is 8.78. The number of urea groups is 1. The maximum atomic E-state index is 12.8. The van der Waals surface area contributed by atoms with Gasteiger partial charge in [0.2, 0.25) is 0 Å². The van der Waals surface area contributed by atoms with Gasteiger partial charge in [-0.2, -0.15) is 0 Å². The van der Waals surface area contributed by atoms with E-state index in [4.69, 9.17) is 9.47 Å². The van der Waals surface area contributed by atoms with Crippen LogP contribution in [0.25, 0.3) is 0 Å². The number of carbonyl (C=O) groups is 1. The third-order valence-electron chi connectivity index (χ3n) is 4.76. The van der Waals surface area contributed by atoms with Crippen LogP contribution in [-0.2, 0) is 0 Å². The van der Waals surface area contributed by atoms with Gasteiger partial charge in [-0.3, -0.25) is 0 Å². The van der Waals surface area contributed by atoms with Crippen LogP contribution in [0.2, 0.25) is 0 Å². The average molecular weight is 370 g/mol. The maximum absolute atomic E-state index is 12.8. The number of benzene rings is 2. The molecule has 1 fully saturated rings. The Hall–Kier alpha value is -2.34. The highest BCUT2D eigenvalue weighted by Gasteiger charge is 2.31. The number of hydrogen-bond donors (Lipinski definition) is 1. The largest absolute Gasteiger partial charge is 0.486 e. The number of aryl methyl sites for hydroxylation is 2. The number of rotatable bonds is 2. The molecule has 0 spiro atoms. The molecular formula is C20H22N2O3S. The van der Waals surface area contributed by atoms with Gasteiger partial charge in [-0.1, -0.05) is 12.1 Å². The third-order valence-corrected chi connectivity index (χ3v) is 6.02. The minimum Gasteiger partial charge on any atom is -0.486 e. The molecule has 0 aromatic heterocycles. The van der Waals surface area contributed by atoms with Crippen LogP contribution < -0.4 is 14.8 Å². The molecule has 2 aliphatic heterocycles. The van der Waals surface area contributed by atoms with Gasteiger partial charge < -0.3 is 19.7 Å². The second-order valence-electron chi connectivity index (χ2n) is 6.55. The monoisotopic (exact) mass is 370 g/mol. The lowest BCUT2D eigenvalue weighted by atomic mass is 10.1. The Kier molecular flexibility index (Phi) is 4.68. The second-order valence-corrected chi connectivity index (χ2v) is 7.74. The molecule has 0 aliphatic carbocycles. The molecule has 6 heteroatoms. The van der Waals surface area contributed by atoms with E-state index in [0.29, 0.717) is 13.2 Å². The maximum Gasteiger partial charge on any atom is 0.323 e. The summed E-state index contributed by atoms with van der Waals surface area (Å²) in [5.74, 6) is 2.45. The van der Waals surface area contributed by atoms with Crippen LogP contribution in [0.1, 0.15) is 22.1 Å². The molecule has 0 saturated carbocycles. The Morgan fingerprint density at radius 2 is 1.88 bits per heavy atom. The lowest BCUT2D eigenvalue weighted by Crippen LogP contribution is -2.34. The van der Waals surface area contributed by atoms with Crippen molar-refractivity contribution >= 4 is 23.5 Å². The van der Waals surface area contributed by atoms with Crippen LogP contribution in [-0.4, -0.2) is 36.4 Å². The summed E-state index contributed by atoms with van der Waals surface area (Å²) in [6, 6.07) is 11.9. The quantitative estimate of drug-likeness (QED) is 0.854. The van der Waals surface area contributed by atoms with Crippen LogP contribution in [0.15, 0.2) is 36.4 Å². The fourth-order valence-electron chi connectivity index (χ4n) is 3.18. The molecule has 2 aliphatic rings. The van der Waals surface area contributed by atoms with E-state index in [2.05, 4.69) is 19.2 Å². The average Bonchev–Trinajstić information content (AvgIpc) is 3.14. The Labute approximate surface area is 157 Å². The lowest BCUT2D eigenvalue weighted by Gasteiger charge is -2.26. The van der Waals surface area contributed by atoms with E-state index in [-0.39, 0.29) is 11.4 Å². The standard InChI is InChI=1S/C20H22N2O3S/c1-13-3-5-16(11-14(13)2)21-20(23)22-7-10-26-19(22)15-4-6-17-18(12-15)25-9-8-24-17/h3-6,11-12,19H,7-10H2,1-2H3,(H,21,23)/t19-/m1/s1. The SMILES string of the molecule is Cc1ccc(NC(=O)N2CCS[C@@H]2c2ccc3c(c2)OCCO3)cc1C. The van der Waals surface area contributed by atoms with Gasteiger partial charge in [-0.25, -0.2) is 4.79 Å². The predicted octanol–water partition coefficient (Wildman–Crippen LogP) is 4.35. The van der Waals surface area contributed by atoms with Crippen molar-refractivity contribution in [2.45, 2.75) is 19.2 Å². The summed E-state index contributed by atoms with van der Waals surface area (Å²) in [4.78, 5) is 14.7. The number of nitrogens with zero attached hydrogens (tertiary/aromatic N) is 1. The number of ether oxygens (including phenoxy) is 2. The van der Waals surface area contributed by atoms with Crippen LogP contribution in [0.4, 0.5) is 10.5 Å². The lowest BCUT2D eigenvalue weighted by molar-refractivity contribution is 0.171. The molecule has 2 heterocycles. The first-order chi connectivity index (χ1) is 12.6. The summed E-state index contributed by atoms with van der Waals surface area (Å²) in [5, 5.41) is 3.02. The smallest absolute Gasteiger partial charge is 0.323 e. The molecule has 0 radical (unpaired) electrons. The van der Waals surface area contributed by atoms with Crippen molar-refractivity contribution in [1.29, 1.82) is 0 Å². The van der Waals surface area contributed by atoms with Gasteiger partial charge in [-0.15, -0.1) is 11.8 Å². The molecule has 5 nitrogen and oxygen atoms in total. The second kappa shape index (κ2) is 7.11. The fourth-order valence-corrected chi connectivity index (χ4v) is 4.43. The molecule has 4 rings (SSSR count). The number of carbonyl (C=O) groups excluding carboxylic acids is 1. The Bertz CT molecular complexity index is 840. The van der Waals surface area contributed by atoms with Crippen molar-refractivity contribution in [3.05, 3.63) is 53.1 Å². The van der Waals surface area contributed by atoms with E-state index in [1.165, 1.54) is 11.1 Å². The van der Waals surface area contributed by atoms with E-state index >= 15 is 0 Å². The zero-order chi connectivity index (χ0) is 18.1. The molecule has 0 unspecified atom stereocenters. The normalized spacial score (nSPS) is 18.7. The number of hydrogen-bond acceptors (Lipinski definition) is 4. The van der Waals surface area contributed by atoms with Gasteiger partial charge in [0, 0.05) is 18.0 Å². The van der Waals surface area contributed by atoms with E-state index in [1.54, 1.807) is 11.8 Å². The molecule has 1 atom stereocenters. The zero-order valence-electron chi connectivity index (χ0n) is 15.0. The highest BCUT2D eigenvalue weighted by molar-refractivity contribution is 7.99. The molecule has 136 valence electrons. The van der Waals surface area contributed by atoms with E-state index in [1.807, 2.05) is 41.3 Å². The molecule has 1 saturated heterocycles. The molecule has 0 bridgehead atoms. The number of thioether (sulfide) groups is 1. The summed E-state index contributed by atoms with van der Waals surface area (Å²) in [6.07, 6.45) is 0. The van der Waals surface area contributed by atoms with Gasteiger partial charge in [0.05, 0.1) is 0 Å². The van der Waals surface area contributed by atoms with E-state index < -0.39 is 0 Å². The van der Waals surface area contributed by atoms with Crippen LogP contribution in [0.3, 0.4) is 0 Å². The number of anilines is 1. The van der Waals surface area contributed by atoms with Crippen LogP contribution in [0, 0.1) is 13.8 Å². The molecule has 26 heavy (non-hydrogen) atoms. The first-order valence-corrected chi connectivity index (χ1v) is 9.83. The number of fused-ring (bicyclic) bond motifs is 1. The van der Waals surface area contributed by atoms with Gasteiger partial charge in [-0.05, 0) is 54.8 Å². The predicted molar refractivity (Wildman–Crippen MR) is 104 cm³/mol. The molecule has 2 amide bonds. The number of nitrogens with one attached hydrogen (secondary N) is 1. The summed E-state index contributed by atoms with van der Waals surface area (Å²) in [6.45, 7) is 5.98. The Morgan fingerprint density at radius 3 is 2.69 bits per heavy atom. The van der Waals surface area contributed by atoms with Crippen molar-refractivity contribution in [1.82, 2.24) is 4.90 Å². The van der Waals surface area contributed by atoms with Gasteiger partial charge in [0.1, 0.15) is 18.6 Å². The van der Waals surface area contributed by atoms with Crippen molar-refractivity contribution in [2.75, 3.05) is 30.8 Å².